The van der Waals surface area contributed by atoms with Crippen molar-refractivity contribution in [2.45, 2.75) is 37.3 Å². The van der Waals surface area contributed by atoms with Crippen molar-refractivity contribution >= 4 is 5.91 Å². The van der Waals surface area contributed by atoms with Gasteiger partial charge in [-0.25, -0.2) is 0 Å². The number of piperidine rings is 1. The molecule has 4 rings (SSSR count). The van der Waals surface area contributed by atoms with Gasteiger partial charge >= 0.3 is 0 Å². The molecule has 1 atom stereocenters. The van der Waals surface area contributed by atoms with E-state index in [1.165, 1.54) is 11.1 Å². The minimum Gasteiger partial charge on any atom is -0.350 e. The van der Waals surface area contributed by atoms with E-state index in [0.29, 0.717) is 6.42 Å². The van der Waals surface area contributed by atoms with Crippen molar-refractivity contribution in [2.75, 3.05) is 13.1 Å². The van der Waals surface area contributed by atoms with E-state index in [4.69, 9.17) is 0 Å². The molecule has 4 heterocycles. The summed E-state index contributed by atoms with van der Waals surface area (Å²) in [4.78, 5) is 22.9. The molecule has 5 nitrogen and oxygen atoms in total. The maximum Gasteiger partial charge on any atom is 0.221 e. The molecule has 2 fully saturated rings. The summed E-state index contributed by atoms with van der Waals surface area (Å²) in [5.74, 6) is 0.436. The van der Waals surface area contributed by atoms with E-state index in [9.17, 15) is 4.79 Å². The fourth-order valence-electron chi connectivity index (χ4n) is 4.16. The van der Waals surface area contributed by atoms with E-state index >= 15 is 0 Å². The predicted molar refractivity (Wildman–Crippen MR) is 91.2 cm³/mol. The van der Waals surface area contributed by atoms with Gasteiger partial charge in [-0.15, -0.1) is 0 Å². The number of aromatic nitrogens is 2. The molecule has 0 aliphatic carbocycles. The van der Waals surface area contributed by atoms with Gasteiger partial charge in [0.2, 0.25) is 5.91 Å². The SMILES string of the molecule is O=C1C[C@@H](c2ccncc2)C2(CCN(Cc3cccnc3)CC2)N1. The number of hydrogen-bond acceptors (Lipinski definition) is 4. The van der Waals surface area contributed by atoms with E-state index in [-0.39, 0.29) is 17.4 Å². The normalized spacial score (nSPS) is 23.3. The maximum atomic E-state index is 12.1. The molecular formula is C19H22N4O. The van der Waals surface area contributed by atoms with Gasteiger partial charge in [0.05, 0.1) is 0 Å². The van der Waals surface area contributed by atoms with Crippen LogP contribution in [0.1, 0.15) is 36.3 Å². The fourth-order valence-corrected chi connectivity index (χ4v) is 4.16. The minimum absolute atomic E-state index is 0.0934. The molecule has 2 aromatic rings. The molecule has 124 valence electrons. The smallest absolute Gasteiger partial charge is 0.221 e. The summed E-state index contributed by atoms with van der Waals surface area (Å²) in [6.07, 6.45) is 9.96. The van der Waals surface area contributed by atoms with Gasteiger partial charge in [-0.3, -0.25) is 19.7 Å². The molecule has 2 aliphatic heterocycles. The summed E-state index contributed by atoms with van der Waals surface area (Å²) in [7, 11) is 0. The third kappa shape index (κ3) is 2.91. The Kier molecular flexibility index (Phi) is 4.02. The Morgan fingerprint density at radius 1 is 1.12 bits per heavy atom. The number of nitrogens with zero attached hydrogens (tertiary/aromatic N) is 3. The molecule has 2 aromatic heterocycles. The molecule has 24 heavy (non-hydrogen) atoms. The molecule has 2 aliphatic rings. The first kappa shape index (κ1) is 15.3. The van der Waals surface area contributed by atoms with Crippen LogP contribution in [-0.4, -0.2) is 39.4 Å². The zero-order valence-electron chi connectivity index (χ0n) is 13.7. The number of rotatable bonds is 3. The molecule has 1 amide bonds. The maximum absolute atomic E-state index is 12.1. The van der Waals surface area contributed by atoms with Crippen molar-refractivity contribution in [3.05, 3.63) is 60.2 Å². The molecule has 1 N–H and O–H groups in total. The average Bonchev–Trinajstić information content (AvgIpc) is 2.95. The van der Waals surface area contributed by atoms with E-state index < -0.39 is 0 Å². The topological polar surface area (TPSA) is 58.1 Å². The molecule has 1 spiro atoms. The van der Waals surface area contributed by atoms with E-state index in [0.717, 1.165) is 32.5 Å². The molecule has 0 bridgehead atoms. The summed E-state index contributed by atoms with van der Waals surface area (Å²) < 4.78 is 0. The van der Waals surface area contributed by atoms with Crippen molar-refractivity contribution < 1.29 is 4.79 Å². The van der Waals surface area contributed by atoms with Crippen molar-refractivity contribution in [3.63, 3.8) is 0 Å². The lowest BCUT2D eigenvalue weighted by Crippen LogP contribution is -2.53. The quantitative estimate of drug-likeness (QED) is 0.940. The largest absolute Gasteiger partial charge is 0.350 e. The highest BCUT2D eigenvalue weighted by molar-refractivity contribution is 5.81. The number of amides is 1. The van der Waals surface area contributed by atoms with Gasteiger partial charge in [-0.2, -0.15) is 0 Å². The third-order valence-corrected chi connectivity index (χ3v) is 5.43. The monoisotopic (exact) mass is 322 g/mol. The number of carbonyl (C=O) groups is 1. The lowest BCUT2D eigenvalue weighted by Gasteiger charge is -2.43. The Labute approximate surface area is 142 Å². The standard InChI is InChI=1S/C19H22N4O/c24-18-12-17(16-3-8-20-9-4-16)19(22-18)5-10-23(11-6-19)14-15-2-1-7-21-13-15/h1-4,7-9,13,17H,5-6,10-12,14H2,(H,22,24)/t17-/m0/s1. The van der Waals surface area contributed by atoms with E-state index in [1.807, 2.05) is 30.9 Å². The Morgan fingerprint density at radius 3 is 2.62 bits per heavy atom. The van der Waals surface area contributed by atoms with E-state index in [1.54, 1.807) is 0 Å². The second kappa shape index (κ2) is 6.32. The highest BCUT2D eigenvalue weighted by Crippen LogP contribution is 2.43. The molecule has 2 saturated heterocycles. The van der Waals surface area contributed by atoms with Crippen molar-refractivity contribution in [1.29, 1.82) is 0 Å². The summed E-state index contributed by atoms with van der Waals surface area (Å²) in [5.41, 5.74) is 2.38. The van der Waals surface area contributed by atoms with E-state index in [2.05, 4.69) is 38.4 Å². The second-order valence-electron chi connectivity index (χ2n) is 6.88. The lowest BCUT2D eigenvalue weighted by molar-refractivity contribution is -0.120. The number of likely N-dealkylation sites (tertiary alicyclic amines) is 1. The van der Waals surface area contributed by atoms with Crippen LogP contribution in [0.5, 0.6) is 0 Å². The number of pyridine rings is 2. The van der Waals surface area contributed by atoms with Crippen LogP contribution in [0.25, 0.3) is 0 Å². The summed E-state index contributed by atoms with van der Waals surface area (Å²) in [6.45, 7) is 2.92. The number of carbonyl (C=O) groups excluding carboxylic acids is 1. The van der Waals surface area contributed by atoms with Crippen LogP contribution >= 0.6 is 0 Å². The van der Waals surface area contributed by atoms with Crippen LogP contribution in [0, 0.1) is 0 Å². The molecule has 0 saturated carbocycles. The predicted octanol–water partition coefficient (Wildman–Crippen LogP) is 2.11. The van der Waals surface area contributed by atoms with Crippen LogP contribution in [-0.2, 0) is 11.3 Å². The first-order valence-electron chi connectivity index (χ1n) is 8.57. The van der Waals surface area contributed by atoms with Crippen LogP contribution in [0.4, 0.5) is 0 Å². The van der Waals surface area contributed by atoms with Gasteiger partial charge in [0.1, 0.15) is 0 Å². The highest BCUT2D eigenvalue weighted by atomic mass is 16.2. The zero-order valence-corrected chi connectivity index (χ0v) is 13.7. The van der Waals surface area contributed by atoms with Crippen LogP contribution in [0.15, 0.2) is 49.1 Å². The number of hydrogen-bond donors (Lipinski definition) is 1. The molecule has 0 unspecified atom stereocenters. The lowest BCUT2D eigenvalue weighted by atomic mass is 9.74. The average molecular weight is 322 g/mol. The van der Waals surface area contributed by atoms with Crippen molar-refractivity contribution in [2.24, 2.45) is 0 Å². The summed E-state index contributed by atoms with van der Waals surface area (Å²) >= 11 is 0. The Morgan fingerprint density at radius 2 is 1.92 bits per heavy atom. The summed E-state index contributed by atoms with van der Waals surface area (Å²) in [5, 5.41) is 3.30. The van der Waals surface area contributed by atoms with Crippen molar-refractivity contribution in [3.8, 4) is 0 Å². The van der Waals surface area contributed by atoms with Gasteiger partial charge < -0.3 is 5.32 Å². The van der Waals surface area contributed by atoms with Gasteiger partial charge in [-0.05, 0) is 42.2 Å². The van der Waals surface area contributed by atoms with Crippen LogP contribution in [0.2, 0.25) is 0 Å². The van der Waals surface area contributed by atoms with Crippen LogP contribution < -0.4 is 5.32 Å². The first-order valence-corrected chi connectivity index (χ1v) is 8.57. The van der Waals surface area contributed by atoms with Crippen LogP contribution in [0.3, 0.4) is 0 Å². The minimum atomic E-state index is -0.0934. The van der Waals surface area contributed by atoms with Gasteiger partial charge in [-0.1, -0.05) is 6.07 Å². The Balaban J connectivity index is 1.47. The Hall–Kier alpha value is -2.27. The second-order valence-corrected chi connectivity index (χ2v) is 6.88. The highest BCUT2D eigenvalue weighted by Gasteiger charge is 2.48. The molecular weight excluding hydrogens is 300 g/mol. The van der Waals surface area contributed by atoms with Crippen molar-refractivity contribution in [1.82, 2.24) is 20.2 Å². The summed E-state index contributed by atoms with van der Waals surface area (Å²) in [6, 6.07) is 8.20. The molecule has 5 heteroatoms. The number of nitrogens with one attached hydrogen (secondary N) is 1. The third-order valence-electron chi connectivity index (χ3n) is 5.43. The van der Waals surface area contributed by atoms with Gasteiger partial charge in [0.15, 0.2) is 0 Å². The molecule has 0 aromatic carbocycles. The molecule has 0 radical (unpaired) electrons. The van der Waals surface area contributed by atoms with Gasteiger partial charge in [0.25, 0.3) is 0 Å². The van der Waals surface area contributed by atoms with Gasteiger partial charge in [0, 0.05) is 62.3 Å². The Bertz CT molecular complexity index is 696. The first-order chi connectivity index (χ1) is 11.8. The zero-order chi connectivity index (χ0) is 16.4. The fraction of sp³-hybridized carbons (Fsp3) is 0.421.